The van der Waals surface area contributed by atoms with Gasteiger partial charge in [0.25, 0.3) is 11.8 Å². The van der Waals surface area contributed by atoms with Crippen molar-refractivity contribution in [3.63, 3.8) is 0 Å². The fraction of sp³-hybridized carbons (Fsp3) is 0.273. The summed E-state index contributed by atoms with van der Waals surface area (Å²) in [5.74, 6) is -0.416. The summed E-state index contributed by atoms with van der Waals surface area (Å²) in [4.78, 5) is 30.7. The minimum absolute atomic E-state index is 0.208. The second kappa shape index (κ2) is 8.17. The van der Waals surface area contributed by atoms with Crippen molar-refractivity contribution in [2.75, 3.05) is 44.2 Å². The van der Waals surface area contributed by atoms with Gasteiger partial charge < -0.3 is 4.90 Å². The summed E-state index contributed by atoms with van der Waals surface area (Å²) in [6, 6.07) is 14.9. The van der Waals surface area contributed by atoms with Gasteiger partial charge in [0, 0.05) is 50.0 Å². The smallest absolute Gasteiger partial charge is 0.261 e. The first-order valence-electron chi connectivity index (χ1n) is 9.46. The zero-order valence-electron chi connectivity index (χ0n) is 15.6. The van der Waals surface area contributed by atoms with Crippen LogP contribution < -0.4 is 4.90 Å². The fourth-order valence-corrected chi connectivity index (χ4v) is 3.85. The monoisotopic (exact) mass is 395 g/mol. The summed E-state index contributed by atoms with van der Waals surface area (Å²) in [5, 5.41) is 0.760. The predicted molar refractivity (Wildman–Crippen MR) is 111 cm³/mol. The van der Waals surface area contributed by atoms with Gasteiger partial charge in [-0.1, -0.05) is 42.0 Å². The Hall–Kier alpha value is -2.63. The highest BCUT2D eigenvalue weighted by atomic mass is 35.5. The van der Waals surface area contributed by atoms with Gasteiger partial charge in [0.2, 0.25) is 0 Å². The first kappa shape index (κ1) is 18.7. The molecule has 0 atom stereocenters. The third kappa shape index (κ3) is 3.81. The molecule has 0 N–H and O–H groups in total. The number of hydrogen-bond acceptors (Lipinski definition) is 4. The van der Waals surface area contributed by atoms with E-state index < -0.39 is 0 Å². The summed E-state index contributed by atoms with van der Waals surface area (Å²) in [5.41, 5.74) is 2.16. The maximum absolute atomic E-state index is 12.3. The average Bonchev–Trinajstić information content (AvgIpc) is 2.96. The summed E-state index contributed by atoms with van der Waals surface area (Å²) >= 11 is 6.08. The lowest BCUT2D eigenvalue weighted by atomic mass is 10.1. The molecule has 4 rings (SSSR count). The Morgan fingerprint density at radius 2 is 1.46 bits per heavy atom. The second-order valence-corrected chi connectivity index (χ2v) is 7.44. The first-order valence-corrected chi connectivity index (χ1v) is 9.84. The number of carbonyl (C=O) groups is 2. The minimum atomic E-state index is -0.208. The second-order valence-electron chi connectivity index (χ2n) is 7.01. The number of piperazine rings is 1. The lowest BCUT2D eigenvalue weighted by Gasteiger charge is -2.35. The highest BCUT2D eigenvalue weighted by molar-refractivity contribution is 6.30. The lowest BCUT2D eigenvalue weighted by molar-refractivity contribution is 0.0672. The zero-order valence-corrected chi connectivity index (χ0v) is 16.3. The highest BCUT2D eigenvalue weighted by Crippen LogP contribution is 2.22. The molecule has 0 unspecified atom stereocenters. The Balaban J connectivity index is 1.26. The number of hydrogen-bond donors (Lipinski definition) is 0. The van der Waals surface area contributed by atoms with Crippen molar-refractivity contribution in [2.45, 2.75) is 0 Å². The standard InChI is InChI=1S/C22H22ClN3O2/c23-17-6-5-7-18(16-17)25-14-12-24(13-15-25)10-3-4-11-26-21(27)19-8-1-2-9-20(19)22(26)28/h1-9,16H,10-15H2/b4-3+. The SMILES string of the molecule is O=C1c2ccccc2C(=O)N1C/C=C/CN1CCN(c2cccc(Cl)c2)CC1. The molecule has 144 valence electrons. The summed E-state index contributed by atoms with van der Waals surface area (Å²) in [6.45, 7) is 4.95. The van der Waals surface area contributed by atoms with E-state index in [2.05, 4.69) is 15.9 Å². The van der Waals surface area contributed by atoms with E-state index >= 15 is 0 Å². The van der Waals surface area contributed by atoms with E-state index in [0.29, 0.717) is 17.7 Å². The van der Waals surface area contributed by atoms with E-state index in [1.54, 1.807) is 24.3 Å². The van der Waals surface area contributed by atoms with Crippen LogP contribution in [0.25, 0.3) is 0 Å². The molecule has 2 aromatic rings. The highest BCUT2D eigenvalue weighted by Gasteiger charge is 2.34. The van der Waals surface area contributed by atoms with Crippen LogP contribution in [-0.4, -0.2) is 60.9 Å². The lowest BCUT2D eigenvalue weighted by Crippen LogP contribution is -2.46. The van der Waals surface area contributed by atoms with E-state index in [0.717, 1.165) is 43.4 Å². The number of benzene rings is 2. The Labute approximate surface area is 169 Å². The van der Waals surface area contributed by atoms with Crippen LogP contribution in [0.4, 0.5) is 5.69 Å². The van der Waals surface area contributed by atoms with Crippen molar-refractivity contribution in [3.05, 3.63) is 76.8 Å². The van der Waals surface area contributed by atoms with Crippen molar-refractivity contribution in [1.29, 1.82) is 0 Å². The van der Waals surface area contributed by atoms with Crippen molar-refractivity contribution in [3.8, 4) is 0 Å². The van der Waals surface area contributed by atoms with Gasteiger partial charge in [-0.2, -0.15) is 0 Å². The number of rotatable bonds is 5. The molecule has 2 aromatic carbocycles. The van der Waals surface area contributed by atoms with E-state index in [9.17, 15) is 9.59 Å². The topological polar surface area (TPSA) is 43.9 Å². The Morgan fingerprint density at radius 3 is 2.11 bits per heavy atom. The molecule has 5 nitrogen and oxygen atoms in total. The van der Waals surface area contributed by atoms with E-state index in [1.807, 2.05) is 30.4 Å². The molecule has 0 bridgehead atoms. The molecular formula is C22H22ClN3O2. The summed E-state index contributed by atoms with van der Waals surface area (Å²) < 4.78 is 0. The van der Waals surface area contributed by atoms with Gasteiger partial charge in [-0.15, -0.1) is 0 Å². The summed E-state index contributed by atoms with van der Waals surface area (Å²) in [7, 11) is 0. The van der Waals surface area contributed by atoms with Gasteiger partial charge in [-0.05, 0) is 30.3 Å². The third-order valence-corrected chi connectivity index (χ3v) is 5.48. The normalized spacial score (nSPS) is 17.6. The molecule has 1 fully saturated rings. The fourth-order valence-electron chi connectivity index (χ4n) is 3.67. The Kier molecular flexibility index (Phi) is 5.46. The largest absolute Gasteiger partial charge is 0.369 e. The molecule has 0 aromatic heterocycles. The number of anilines is 1. The molecule has 0 spiro atoms. The van der Waals surface area contributed by atoms with E-state index in [1.165, 1.54) is 4.90 Å². The van der Waals surface area contributed by atoms with Crippen LogP contribution in [0.3, 0.4) is 0 Å². The van der Waals surface area contributed by atoms with Crippen LogP contribution in [0.1, 0.15) is 20.7 Å². The Morgan fingerprint density at radius 1 is 0.821 bits per heavy atom. The number of imide groups is 1. The molecular weight excluding hydrogens is 374 g/mol. The van der Waals surface area contributed by atoms with Gasteiger partial charge in [0.15, 0.2) is 0 Å². The molecule has 2 amide bonds. The molecule has 2 aliphatic rings. The van der Waals surface area contributed by atoms with Gasteiger partial charge in [-0.3, -0.25) is 19.4 Å². The van der Waals surface area contributed by atoms with E-state index in [4.69, 9.17) is 11.6 Å². The van der Waals surface area contributed by atoms with Gasteiger partial charge >= 0.3 is 0 Å². The molecule has 0 saturated carbocycles. The molecule has 6 heteroatoms. The van der Waals surface area contributed by atoms with Crippen LogP contribution in [0.2, 0.25) is 5.02 Å². The third-order valence-electron chi connectivity index (χ3n) is 5.24. The van der Waals surface area contributed by atoms with Gasteiger partial charge in [0.05, 0.1) is 11.1 Å². The maximum Gasteiger partial charge on any atom is 0.261 e. The van der Waals surface area contributed by atoms with Crippen LogP contribution in [0.15, 0.2) is 60.7 Å². The van der Waals surface area contributed by atoms with E-state index in [-0.39, 0.29) is 11.8 Å². The molecule has 0 aliphatic carbocycles. The van der Waals surface area contributed by atoms with Crippen LogP contribution in [-0.2, 0) is 0 Å². The minimum Gasteiger partial charge on any atom is -0.369 e. The maximum atomic E-state index is 12.3. The Bertz CT molecular complexity index is 885. The molecule has 1 saturated heterocycles. The van der Waals surface area contributed by atoms with Crippen LogP contribution in [0, 0.1) is 0 Å². The number of nitrogens with zero attached hydrogens (tertiary/aromatic N) is 3. The quantitative estimate of drug-likeness (QED) is 0.575. The number of amides is 2. The first-order chi connectivity index (χ1) is 13.6. The van der Waals surface area contributed by atoms with Crippen LogP contribution in [0.5, 0.6) is 0 Å². The van der Waals surface area contributed by atoms with Crippen molar-refractivity contribution >= 4 is 29.1 Å². The molecule has 28 heavy (non-hydrogen) atoms. The molecule has 0 radical (unpaired) electrons. The zero-order chi connectivity index (χ0) is 19.5. The van der Waals surface area contributed by atoms with Crippen LogP contribution >= 0.6 is 11.6 Å². The number of fused-ring (bicyclic) bond motifs is 1. The summed E-state index contributed by atoms with van der Waals surface area (Å²) in [6.07, 6.45) is 3.95. The van der Waals surface area contributed by atoms with Crippen molar-refractivity contribution in [2.24, 2.45) is 0 Å². The number of carbonyl (C=O) groups excluding carboxylic acids is 2. The average molecular weight is 396 g/mol. The van der Waals surface area contributed by atoms with Crippen molar-refractivity contribution < 1.29 is 9.59 Å². The molecule has 2 heterocycles. The number of halogens is 1. The van der Waals surface area contributed by atoms with Gasteiger partial charge in [0.1, 0.15) is 0 Å². The predicted octanol–water partition coefficient (Wildman–Crippen LogP) is 3.31. The van der Waals surface area contributed by atoms with Crippen molar-refractivity contribution in [1.82, 2.24) is 9.80 Å². The van der Waals surface area contributed by atoms with Gasteiger partial charge in [-0.25, -0.2) is 0 Å². The molecule has 2 aliphatic heterocycles.